The van der Waals surface area contributed by atoms with Crippen molar-refractivity contribution in [3.05, 3.63) is 59.7 Å². The lowest BCUT2D eigenvalue weighted by Gasteiger charge is -2.25. The lowest BCUT2D eigenvalue weighted by molar-refractivity contribution is 0.0742. The number of nitrogens with two attached hydrogens (primary N) is 1. The molecule has 1 unspecified atom stereocenters. The van der Waals surface area contributed by atoms with Crippen LogP contribution in [-0.2, 0) is 10.0 Å². The van der Waals surface area contributed by atoms with E-state index in [-0.39, 0.29) is 16.8 Å². The summed E-state index contributed by atoms with van der Waals surface area (Å²) in [5.41, 5.74) is 1.33. The maximum absolute atomic E-state index is 12.6. The standard InChI is InChI=1S/C17H20N2O4S/c1-12(13-7-9-16(10-8-13)24(18,21)22)19(2)17(20)14-5-4-6-15(11-14)23-3/h4-12H,1-3H3,(H2,18,21,22). The van der Waals surface area contributed by atoms with Crippen LogP contribution in [0.2, 0.25) is 0 Å². The molecule has 128 valence electrons. The van der Waals surface area contributed by atoms with Crippen LogP contribution in [0.1, 0.15) is 28.9 Å². The first kappa shape index (κ1) is 18.0. The second kappa shape index (κ2) is 7.02. The van der Waals surface area contributed by atoms with E-state index in [1.165, 1.54) is 12.1 Å². The molecule has 2 N–H and O–H groups in total. The maximum Gasteiger partial charge on any atom is 0.254 e. The van der Waals surface area contributed by atoms with Gasteiger partial charge in [0.15, 0.2) is 0 Å². The van der Waals surface area contributed by atoms with E-state index in [0.717, 1.165) is 5.56 Å². The monoisotopic (exact) mass is 348 g/mol. The first-order valence-corrected chi connectivity index (χ1v) is 8.82. The molecule has 0 saturated heterocycles. The Morgan fingerprint density at radius 1 is 1.17 bits per heavy atom. The lowest BCUT2D eigenvalue weighted by Crippen LogP contribution is -2.29. The number of amides is 1. The third-order valence-electron chi connectivity index (χ3n) is 3.91. The Balaban J connectivity index is 2.22. The van der Waals surface area contributed by atoms with Gasteiger partial charge in [0.1, 0.15) is 5.75 Å². The maximum atomic E-state index is 12.6. The van der Waals surface area contributed by atoms with Crippen molar-refractivity contribution in [3.8, 4) is 5.75 Å². The van der Waals surface area contributed by atoms with Crippen molar-refractivity contribution < 1.29 is 17.9 Å². The molecule has 0 aliphatic carbocycles. The van der Waals surface area contributed by atoms with Gasteiger partial charge in [-0.25, -0.2) is 13.6 Å². The molecule has 0 aromatic heterocycles. The quantitative estimate of drug-likeness (QED) is 0.897. The van der Waals surface area contributed by atoms with Gasteiger partial charge in [-0.15, -0.1) is 0 Å². The van der Waals surface area contributed by atoms with Crippen LogP contribution in [0.15, 0.2) is 53.4 Å². The van der Waals surface area contributed by atoms with Gasteiger partial charge in [0.2, 0.25) is 10.0 Å². The van der Waals surface area contributed by atoms with Gasteiger partial charge in [0.25, 0.3) is 5.91 Å². The highest BCUT2D eigenvalue weighted by atomic mass is 32.2. The summed E-state index contributed by atoms with van der Waals surface area (Å²) in [4.78, 5) is 14.2. The van der Waals surface area contributed by atoms with Crippen molar-refractivity contribution >= 4 is 15.9 Å². The second-order valence-corrected chi connectivity index (χ2v) is 7.00. The fourth-order valence-corrected chi connectivity index (χ4v) is 2.81. The van der Waals surface area contributed by atoms with Crippen molar-refractivity contribution in [2.24, 2.45) is 5.14 Å². The normalized spacial score (nSPS) is 12.5. The highest BCUT2D eigenvalue weighted by Crippen LogP contribution is 2.23. The summed E-state index contributed by atoms with van der Waals surface area (Å²) in [6.07, 6.45) is 0. The van der Waals surface area contributed by atoms with Gasteiger partial charge in [-0.05, 0) is 42.8 Å². The average Bonchev–Trinajstić information content (AvgIpc) is 2.59. The van der Waals surface area contributed by atoms with Gasteiger partial charge in [0.05, 0.1) is 18.0 Å². The predicted octanol–water partition coefficient (Wildman–Crippen LogP) is 2.18. The molecule has 0 fully saturated rings. The first-order chi connectivity index (χ1) is 11.2. The van der Waals surface area contributed by atoms with E-state index in [9.17, 15) is 13.2 Å². The molecule has 2 rings (SSSR count). The number of nitrogens with zero attached hydrogens (tertiary/aromatic N) is 1. The van der Waals surface area contributed by atoms with E-state index in [4.69, 9.17) is 9.88 Å². The number of carbonyl (C=O) groups excluding carboxylic acids is 1. The number of hydrogen-bond donors (Lipinski definition) is 1. The van der Waals surface area contributed by atoms with E-state index in [0.29, 0.717) is 11.3 Å². The Kier molecular flexibility index (Phi) is 5.26. The van der Waals surface area contributed by atoms with Crippen LogP contribution in [0.5, 0.6) is 5.75 Å². The first-order valence-electron chi connectivity index (χ1n) is 7.28. The Labute approximate surface area is 141 Å². The number of hydrogen-bond acceptors (Lipinski definition) is 4. The molecule has 1 atom stereocenters. The summed E-state index contributed by atoms with van der Waals surface area (Å²) < 4.78 is 27.7. The molecule has 0 aliphatic heterocycles. The molecule has 0 spiro atoms. The van der Waals surface area contributed by atoms with Gasteiger partial charge in [-0.1, -0.05) is 18.2 Å². The molecule has 0 radical (unpaired) electrons. The molecule has 1 amide bonds. The van der Waals surface area contributed by atoms with E-state index in [1.54, 1.807) is 55.5 Å². The molecule has 0 bridgehead atoms. The molecule has 2 aromatic rings. The van der Waals surface area contributed by atoms with Gasteiger partial charge >= 0.3 is 0 Å². The molecule has 0 heterocycles. The third-order valence-corrected chi connectivity index (χ3v) is 4.84. The number of benzene rings is 2. The Bertz CT molecular complexity index is 832. The van der Waals surface area contributed by atoms with E-state index >= 15 is 0 Å². The number of primary sulfonamides is 1. The van der Waals surface area contributed by atoms with E-state index in [2.05, 4.69) is 0 Å². The summed E-state index contributed by atoms with van der Waals surface area (Å²) in [6.45, 7) is 1.87. The molecule has 2 aromatic carbocycles. The van der Waals surface area contributed by atoms with Crippen LogP contribution >= 0.6 is 0 Å². The minimum Gasteiger partial charge on any atom is -0.497 e. The van der Waals surface area contributed by atoms with E-state index < -0.39 is 10.0 Å². The van der Waals surface area contributed by atoms with Gasteiger partial charge in [-0.3, -0.25) is 4.79 Å². The number of rotatable bonds is 5. The van der Waals surface area contributed by atoms with Crippen molar-refractivity contribution in [3.63, 3.8) is 0 Å². The van der Waals surface area contributed by atoms with Crippen LogP contribution < -0.4 is 9.88 Å². The largest absolute Gasteiger partial charge is 0.497 e. The molecular formula is C17H20N2O4S. The van der Waals surface area contributed by atoms with Crippen LogP contribution in [0.4, 0.5) is 0 Å². The summed E-state index contributed by atoms with van der Waals surface area (Å²) >= 11 is 0. The fourth-order valence-electron chi connectivity index (χ4n) is 2.30. The molecule has 0 aliphatic rings. The van der Waals surface area contributed by atoms with Crippen LogP contribution in [0.3, 0.4) is 0 Å². The van der Waals surface area contributed by atoms with Gasteiger partial charge in [-0.2, -0.15) is 0 Å². The minimum atomic E-state index is -3.73. The van der Waals surface area contributed by atoms with Crippen LogP contribution in [-0.4, -0.2) is 33.4 Å². The van der Waals surface area contributed by atoms with Crippen LogP contribution in [0, 0.1) is 0 Å². The summed E-state index contributed by atoms with van der Waals surface area (Å²) in [6, 6.07) is 12.9. The topological polar surface area (TPSA) is 89.7 Å². The highest BCUT2D eigenvalue weighted by Gasteiger charge is 2.20. The number of sulfonamides is 1. The highest BCUT2D eigenvalue weighted by molar-refractivity contribution is 7.89. The predicted molar refractivity (Wildman–Crippen MR) is 91.3 cm³/mol. The van der Waals surface area contributed by atoms with Crippen molar-refractivity contribution in [2.45, 2.75) is 17.9 Å². The third kappa shape index (κ3) is 3.93. The van der Waals surface area contributed by atoms with Crippen LogP contribution in [0.25, 0.3) is 0 Å². The average molecular weight is 348 g/mol. The molecule has 0 saturated carbocycles. The SMILES string of the molecule is COc1cccc(C(=O)N(C)C(C)c2ccc(S(N)(=O)=O)cc2)c1. The number of ether oxygens (including phenoxy) is 1. The van der Waals surface area contributed by atoms with Crippen molar-refractivity contribution in [2.75, 3.05) is 14.2 Å². The van der Waals surface area contributed by atoms with E-state index in [1.807, 2.05) is 6.92 Å². The lowest BCUT2D eigenvalue weighted by atomic mass is 10.1. The smallest absolute Gasteiger partial charge is 0.254 e. The zero-order valence-corrected chi connectivity index (χ0v) is 14.6. The number of methoxy groups -OCH3 is 1. The van der Waals surface area contributed by atoms with Gasteiger partial charge in [0, 0.05) is 12.6 Å². The zero-order valence-electron chi connectivity index (χ0n) is 13.8. The summed E-state index contributed by atoms with van der Waals surface area (Å²) in [5, 5.41) is 5.09. The van der Waals surface area contributed by atoms with Crippen molar-refractivity contribution in [1.29, 1.82) is 0 Å². The molecule has 6 nitrogen and oxygen atoms in total. The Morgan fingerprint density at radius 3 is 2.33 bits per heavy atom. The fraction of sp³-hybridized carbons (Fsp3) is 0.235. The van der Waals surface area contributed by atoms with Gasteiger partial charge < -0.3 is 9.64 Å². The summed E-state index contributed by atoms with van der Waals surface area (Å²) in [5.74, 6) is 0.455. The van der Waals surface area contributed by atoms with Crippen molar-refractivity contribution in [1.82, 2.24) is 4.90 Å². The summed E-state index contributed by atoms with van der Waals surface area (Å²) in [7, 11) is -0.488. The second-order valence-electron chi connectivity index (χ2n) is 5.44. The minimum absolute atomic E-state index is 0.0419. The number of carbonyl (C=O) groups is 1. The zero-order chi connectivity index (χ0) is 17.9. The molecule has 7 heteroatoms. The molecular weight excluding hydrogens is 328 g/mol. The Hall–Kier alpha value is -2.38. The molecule has 24 heavy (non-hydrogen) atoms. The Morgan fingerprint density at radius 2 is 1.79 bits per heavy atom.